The molecule has 2 aromatic rings. The van der Waals surface area contributed by atoms with E-state index in [2.05, 4.69) is 54.5 Å². The molecular formula is C15H20N2S. The second-order valence-electron chi connectivity index (χ2n) is 4.42. The molecule has 1 unspecified atom stereocenters. The number of nitrogens with one attached hydrogen (secondary N) is 1. The van der Waals surface area contributed by atoms with Crippen molar-refractivity contribution in [3.8, 4) is 0 Å². The fourth-order valence-electron chi connectivity index (χ4n) is 1.94. The molecule has 2 rings (SSSR count). The van der Waals surface area contributed by atoms with Gasteiger partial charge in [-0.2, -0.15) is 0 Å². The summed E-state index contributed by atoms with van der Waals surface area (Å²) in [6.07, 6.45) is 4.12. The predicted octanol–water partition coefficient (Wildman–Crippen LogP) is 3.60. The monoisotopic (exact) mass is 260 g/mol. The molecule has 0 aliphatic carbocycles. The van der Waals surface area contributed by atoms with Crippen LogP contribution in [-0.4, -0.2) is 11.5 Å². The van der Waals surface area contributed by atoms with Crippen LogP contribution in [0, 0.1) is 0 Å². The summed E-state index contributed by atoms with van der Waals surface area (Å²) in [5.41, 5.74) is 1.38. The molecule has 0 saturated carbocycles. The molecule has 1 N–H and O–H groups in total. The van der Waals surface area contributed by atoms with Gasteiger partial charge in [-0.05, 0) is 25.5 Å². The van der Waals surface area contributed by atoms with E-state index >= 15 is 0 Å². The average Bonchev–Trinajstić information content (AvgIpc) is 2.87. The molecule has 0 amide bonds. The SMILES string of the molecule is CCNC(C)c1cnc(CCc2ccccc2)s1. The van der Waals surface area contributed by atoms with Crippen molar-refractivity contribution in [2.24, 2.45) is 0 Å². The zero-order valence-electron chi connectivity index (χ0n) is 11.0. The van der Waals surface area contributed by atoms with Gasteiger partial charge in [-0.3, -0.25) is 0 Å². The second kappa shape index (κ2) is 6.66. The molecule has 0 aliphatic rings. The fraction of sp³-hybridized carbons (Fsp3) is 0.400. The standard InChI is InChI=1S/C15H20N2S/c1-3-16-12(2)14-11-17-15(18-14)10-9-13-7-5-4-6-8-13/h4-8,11-12,16H,3,9-10H2,1-2H3. The van der Waals surface area contributed by atoms with Crippen molar-refractivity contribution in [2.75, 3.05) is 6.54 Å². The van der Waals surface area contributed by atoms with E-state index in [-0.39, 0.29) is 0 Å². The predicted molar refractivity (Wildman–Crippen MR) is 78.1 cm³/mol. The minimum atomic E-state index is 0.415. The Bertz CT molecular complexity index is 464. The molecule has 3 heteroatoms. The summed E-state index contributed by atoms with van der Waals surface area (Å²) in [6, 6.07) is 11.0. The van der Waals surface area contributed by atoms with E-state index in [0.717, 1.165) is 19.4 Å². The van der Waals surface area contributed by atoms with Gasteiger partial charge >= 0.3 is 0 Å². The maximum Gasteiger partial charge on any atom is 0.0931 e. The molecule has 0 fully saturated rings. The van der Waals surface area contributed by atoms with Crippen LogP contribution in [0.2, 0.25) is 0 Å². The topological polar surface area (TPSA) is 24.9 Å². The molecular weight excluding hydrogens is 240 g/mol. The quantitative estimate of drug-likeness (QED) is 0.858. The van der Waals surface area contributed by atoms with Crippen LogP contribution in [0.1, 0.15) is 35.3 Å². The number of hydrogen-bond donors (Lipinski definition) is 1. The van der Waals surface area contributed by atoms with E-state index in [4.69, 9.17) is 0 Å². The third-order valence-corrected chi connectivity index (χ3v) is 4.22. The van der Waals surface area contributed by atoms with Crippen LogP contribution in [-0.2, 0) is 12.8 Å². The Morgan fingerprint density at radius 2 is 2.00 bits per heavy atom. The molecule has 0 radical (unpaired) electrons. The fourth-order valence-corrected chi connectivity index (χ4v) is 2.89. The minimum absolute atomic E-state index is 0.415. The van der Waals surface area contributed by atoms with Crippen molar-refractivity contribution in [1.82, 2.24) is 10.3 Å². The van der Waals surface area contributed by atoms with E-state index in [1.54, 1.807) is 0 Å². The van der Waals surface area contributed by atoms with Crippen LogP contribution >= 0.6 is 11.3 Å². The molecule has 0 aliphatic heterocycles. The first-order chi connectivity index (χ1) is 8.79. The van der Waals surface area contributed by atoms with Gasteiger partial charge in [0.1, 0.15) is 0 Å². The first-order valence-corrected chi connectivity index (χ1v) is 7.33. The molecule has 96 valence electrons. The van der Waals surface area contributed by atoms with Gasteiger partial charge in [0.15, 0.2) is 0 Å². The maximum absolute atomic E-state index is 4.51. The van der Waals surface area contributed by atoms with Crippen molar-refractivity contribution in [3.05, 3.63) is 52.0 Å². The molecule has 1 aromatic heterocycles. The van der Waals surface area contributed by atoms with Gasteiger partial charge in [-0.1, -0.05) is 37.3 Å². The maximum atomic E-state index is 4.51. The van der Waals surface area contributed by atoms with Crippen LogP contribution in [0.5, 0.6) is 0 Å². The first kappa shape index (κ1) is 13.2. The summed E-state index contributed by atoms with van der Waals surface area (Å²) in [5.74, 6) is 0. The van der Waals surface area contributed by atoms with Crippen molar-refractivity contribution < 1.29 is 0 Å². The van der Waals surface area contributed by atoms with Crippen LogP contribution in [0.15, 0.2) is 36.5 Å². The average molecular weight is 260 g/mol. The lowest BCUT2D eigenvalue weighted by Gasteiger charge is -2.08. The van der Waals surface area contributed by atoms with Gasteiger partial charge in [-0.25, -0.2) is 4.98 Å². The van der Waals surface area contributed by atoms with Crippen molar-refractivity contribution >= 4 is 11.3 Å². The van der Waals surface area contributed by atoms with Crippen LogP contribution in [0.4, 0.5) is 0 Å². The Labute approximate surface area is 113 Å². The van der Waals surface area contributed by atoms with Gasteiger partial charge in [0, 0.05) is 23.5 Å². The van der Waals surface area contributed by atoms with Gasteiger partial charge in [0.2, 0.25) is 0 Å². The van der Waals surface area contributed by atoms with Gasteiger partial charge in [0.25, 0.3) is 0 Å². The zero-order valence-corrected chi connectivity index (χ0v) is 11.8. The lowest BCUT2D eigenvalue weighted by Crippen LogP contribution is -2.16. The van der Waals surface area contributed by atoms with E-state index < -0.39 is 0 Å². The Morgan fingerprint density at radius 1 is 1.22 bits per heavy atom. The molecule has 1 atom stereocenters. The van der Waals surface area contributed by atoms with E-state index in [9.17, 15) is 0 Å². The smallest absolute Gasteiger partial charge is 0.0931 e. The Hall–Kier alpha value is -1.19. The van der Waals surface area contributed by atoms with E-state index in [1.807, 2.05) is 17.5 Å². The van der Waals surface area contributed by atoms with Crippen molar-refractivity contribution in [1.29, 1.82) is 0 Å². The summed E-state index contributed by atoms with van der Waals surface area (Å²) < 4.78 is 0. The molecule has 0 saturated heterocycles. The summed E-state index contributed by atoms with van der Waals surface area (Å²) >= 11 is 1.83. The van der Waals surface area contributed by atoms with Gasteiger partial charge in [0.05, 0.1) is 5.01 Å². The third-order valence-electron chi connectivity index (χ3n) is 2.98. The third kappa shape index (κ3) is 3.65. The number of nitrogens with zero attached hydrogens (tertiary/aromatic N) is 1. The lowest BCUT2D eigenvalue weighted by molar-refractivity contribution is 0.606. The Balaban J connectivity index is 1.91. The zero-order chi connectivity index (χ0) is 12.8. The first-order valence-electron chi connectivity index (χ1n) is 6.51. The normalized spacial score (nSPS) is 12.6. The summed E-state index contributed by atoms with van der Waals surface area (Å²) in [4.78, 5) is 5.85. The van der Waals surface area contributed by atoms with Crippen molar-refractivity contribution in [3.63, 3.8) is 0 Å². The number of benzene rings is 1. The number of aromatic nitrogens is 1. The van der Waals surface area contributed by atoms with Crippen molar-refractivity contribution in [2.45, 2.75) is 32.7 Å². The van der Waals surface area contributed by atoms with Crippen LogP contribution in [0.25, 0.3) is 0 Å². The Kier molecular flexibility index (Phi) is 4.90. The minimum Gasteiger partial charge on any atom is -0.310 e. The van der Waals surface area contributed by atoms with Crippen LogP contribution < -0.4 is 5.32 Å². The Morgan fingerprint density at radius 3 is 2.72 bits per heavy atom. The summed E-state index contributed by atoms with van der Waals surface area (Å²) in [6.45, 7) is 5.32. The molecule has 18 heavy (non-hydrogen) atoms. The van der Waals surface area contributed by atoms with Gasteiger partial charge in [-0.15, -0.1) is 11.3 Å². The number of rotatable bonds is 6. The number of aryl methyl sites for hydroxylation is 2. The molecule has 2 nitrogen and oxygen atoms in total. The molecule has 0 bridgehead atoms. The highest BCUT2D eigenvalue weighted by atomic mass is 32.1. The largest absolute Gasteiger partial charge is 0.310 e. The van der Waals surface area contributed by atoms with Gasteiger partial charge < -0.3 is 5.32 Å². The molecule has 0 spiro atoms. The highest BCUT2D eigenvalue weighted by molar-refractivity contribution is 7.11. The van der Waals surface area contributed by atoms with Crippen LogP contribution in [0.3, 0.4) is 0 Å². The van der Waals surface area contributed by atoms with E-state index in [1.165, 1.54) is 15.4 Å². The number of thiazole rings is 1. The highest BCUT2D eigenvalue weighted by Crippen LogP contribution is 2.21. The van der Waals surface area contributed by atoms with E-state index in [0.29, 0.717) is 6.04 Å². The molecule has 1 aromatic carbocycles. The second-order valence-corrected chi connectivity index (χ2v) is 5.57. The lowest BCUT2D eigenvalue weighted by atomic mass is 10.1. The molecule has 1 heterocycles. The summed E-state index contributed by atoms with van der Waals surface area (Å²) in [7, 11) is 0. The number of hydrogen-bond acceptors (Lipinski definition) is 3. The summed E-state index contributed by atoms with van der Waals surface area (Å²) in [5, 5.41) is 4.65. The highest BCUT2D eigenvalue weighted by Gasteiger charge is 2.08.